The highest BCUT2D eigenvalue weighted by atomic mass is 16.5. The van der Waals surface area contributed by atoms with Crippen LogP contribution in [0.4, 0.5) is 5.82 Å². The summed E-state index contributed by atoms with van der Waals surface area (Å²) in [5.41, 5.74) is 0. The molecule has 0 bridgehead atoms. The van der Waals surface area contributed by atoms with E-state index in [9.17, 15) is 0 Å². The molecule has 2 rings (SSSR count). The SMILES string of the molecule is CNC1CCN(c2cccc(OC)n2)CC1. The molecule has 1 fully saturated rings. The average molecular weight is 221 g/mol. The Hall–Kier alpha value is -1.29. The molecule has 0 saturated carbocycles. The predicted molar refractivity (Wildman–Crippen MR) is 65.1 cm³/mol. The molecule has 0 spiro atoms. The first kappa shape index (κ1) is 11.2. The Morgan fingerprint density at radius 1 is 1.38 bits per heavy atom. The lowest BCUT2D eigenvalue weighted by atomic mass is 10.1. The van der Waals surface area contributed by atoms with Crippen LogP contribution < -0.4 is 15.0 Å². The van der Waals surface area contributed by atoms with E-state index in [-0.39, 0.29) is 0 Å². The summed E-state index contributed by atoms with van der Waals surface area (Å²) in [6.45, 7) is 2.12. The van der Waals surface area contributed by atoms with Crippen LogP contribution in [0.1, 0.15) is 12.8 Å². The van der Waals surface area contributed by atoms with Crippen LogP contribution in [0, 0.1) is 0 Å². The van der Waals surface area contributed by atoms with Gasteiger partial charge >= 0.3 is 0 Å². The van der Waals surface area contributed by atoms with Crippen molar-refractivity contribution in [2.24, 2.45) is 0 Å². The van der Waals surface area contributed by atoms with Gasteiger partial charge in [-0.05, 0) is 26.0 Å². The number of nitrogens with zero attached hydrogens (tertiary/aromatic N) is 2. The summed E-state index contributed by atoms with van der Waals surface area (Å²) in [5.74, 6) is 1.71. The Bertz CT molecular complexity index is 335. The van der Waals surface area contributed by atoms with Gasteiger partial charge in [-0.1, -0.05) is 6.07 Å². The fourth-order valence-electron chi connectivity index (χ4n) is 2.09. The Labute approximate surface area is 96.6 Å². The van der Waals surface area contributed by atoms with E-state index in [1.807, 2.05) is 25.2 Å². The van der Waals surface area contributed by atoms with Crippen molar-refractivity contribution in [1.29, 1.82) is 0 Å². The van der Waals surface area contributed by atoms with Crippen molar-refractivity contribution in [1.82, 2.24) is 10.3 Å². The van der Waals surface area contributed by atoms with Crippen molar-refractivity contribution < 1.29 is 4.74 Å². The predicted octanol–water partition coefficient (Wildman–Crippen LogP) is 1.28. The lowest BCUT2D eigenvalue weighted by Gasteiger charge is -2.32. The quantitative estimate of drug-likeness (QED) is 0.834. The molecule has 16 heavy (non-hydrogen) atoms. The van der Waals surface area contributed by atoms with Gasteiger partial charge in [-0.2, -0.15) is 4.98 Å². The number of hydrogen-bond acceptors (Lipinski definition) is 4. The molecule has 0 atom stereocenters. The van der Waals surface area contributed by atoms with Crippen LogP contribution in [0.2, 0.25) is 0 Å². The number of ether oxygens (including phenoxy) is 1. The van der Waals surface area contributed by atoms with Crippen molar-refractivity contribution in [3.8, 4) is 5.88 Å². The average Bonchev–Trinajstić information content (AvgIpc) is 2.39. The molecule has 0 aromatic carbocycles. The molecule has 0 aliphatic carbocycles. The second-order valence-electron chi connectivity index (χ2n) is 4.09. The van der Waals surface area contributed by atoms with Crippen molar-refractivity contribution in [2.75, 3.05) is 32.1 Å². The topological polar surface area (TPSA) is 37.4 Å². The second-order valence-corrected chi connectivity index (χ2v) is 4.09. The standard InChI is InChI=1S/C12H19N3O/c1-13-10-6-8-15(9-7-10)11-4-3-5-12(14-11)16-2/h3-5,10,13H,6-9H2,1-2H3. The third kappa shape index (κ3) is 2.44. The number of pyridine rings is 1. The maximum Gasteiger partial charge on any atom is 0.214 e. The molecule has 1 aliphatic heterocycles. The summed E-state index contributed by atoms with van der Waals surface area (Å²) in [7, 11) is 3.68. The van der Waals surface area contributed by atoms with Crippen molar-refractivity contribution in [2.45, 2.75) is 18.9 Å². The second kappa shape index (κ2) is 5.16. The van der Waals surface area contributed by atoms with Crippen molar-refractivity contribution in [3.63, 3.8) is 0 Å². The van der Waals surface area contributed by atoms with Crippen LogP contribution in [-0.2, 0) is 0 Å². The normalized spacial score (nSPS) is 17.5. The Morgan fingerprint density at radius 3 is 2.75 bits per heavy atom. The van der Waals surface area contributed by atoms with Gasteiger partial charge in [0.05, 0.1) is 7.11 Å². The molecule has 0 radical (unpaired) electrons. The van der Waals surface area contributed by atoms with E-state index in [0.29, 0.717) is 11.9 Å². The first-order chi connectivity index (χ1) is 7.83. The zero-order valence-corrected chi connectivity index (χ0v) is 9.94. The van der Waals surface area contributed by atoms with E-state index in [2.05, 4.69) is 15.2 Å². The van der Waals surface area contributed by atoms with Gasteiger partial charge < -0.3 is 15.0 Å². The molecule has 1 N–H and O–H groups in total. The Kier molecular flexibility index (Phi) is 3.62. The molecule has 0 unspecified atom stereocenters. The zero-order chi connectivity index (χ0) is 11.4. The minimum atomic E-state index is 0.654. The molecule has 1 aromatic heterocycles. The minimum absolute atomic E-state index is 0.654. The number of hydrogen-bond donors (Lipinski definition) is 1. The van der Waals surface area contributed by atoms with Gasteiger partial charge in [-0.3, -0.25) is 0 Å². The molecule has 1 saturated heterocycles. The van der Waals surface area contributed by atoms with E-state index in [0.717, 1.165) is 18.9 Å². The minimum Gasteiger partial charge on any atom is -0.481 e. The largest absolute Gasteiger partial charge is 0.481 e. The third-order valence-corrected chi connectivity index (χ3v) is 3.15. The summed E-state index contributed by atoms with van der Waals surface area (Å²) in [5, 5.41) is 3.33. The number of anilines is 1. The first-order valence-corrected chi connectivity index (χ1v) is 5.76. The molecule has 4 nitrogen and oxygen atoms in total. The van der Waals surface area contributed by atoms with Crippen LogP contribution in [0.25, 0.3) is 0 Å². The fraction of sp³-hybridized carbons (Fsp3) is 0.583. The molecular formula is C12H19N3O. The van der Waals surface area contributed by atoms with Gasteiger partial charge in [0, 0.05) is 25.2 Å². The van der Waals surface area contributed by atoms with Crippen LogP contribution >= 0.6 is 0 Å². The van der Waals surface area contributed by atoms with E-state index < -0.39 is 0 Å². The molecular weight excluding hydrogens is 202 g/mol. The van der Waals surface area contributed by atoms with E-state index in [4.69, 9.17) is 4.74 Å². The molecule has 1 aromatic rings. The van der Waals surface area contributed by atoms with Gasteiger partial charge in [0.15, 0.2) is 0 Å². The molecule has 4 heteroatoms. The summed E-state index contributed by atoms with van der Waals surface area (Å²) < 4.78 is 5.14. The third-order valence-electron chi connectivity index (χ3n) is 3.15. The highest BCUT2D eigenvalue weighted by Gasteiger charge is 2.18. The number of rotatable bonds is 3. The van der Waals surface area contributed by atoms with Crippen molar-refractivity contribution >= 4 is 5.82 Å². The number of aromatic nitrogens is 1. The van der Waals surface area contributed by atoms with Crippen LogP contribution in [0.3, 0.4) is 0 Å². The smallest absolute Gasteiger partial charge is 0.214 e. The fourth-order valence-corrected chi connectivity index (χ4v) is 2.09. The molecule has 1 aliphatic rings. The van der Waals surface area contributed by atoms with Crippen molar-refractivity contribution in [3.05, 3.63) is 18.2 Å². The van der Waals surface area contributed by atoms with Gasteiger partial charge in [0.1, 0.15) is 5.82 Å². The molecule has 88 valence electrons. The maximum atomic E-state index is 5.14. The maximum absolute atomic E-state index is 5.14. The summed E-state index contributed by atoms with van der Waals surface area (Å²) >= 11 is 0. The lowest BCUT2D eigenvalue weighted by molar-refractivity contribution is 0.395. The van der Waals surface area contributed by atoms with E-state index >= 15 is 0 Å². The first-order valence-electron chi connectivity index (χ1n) is 5.76. The van der Waals surface area contributed by atoms with E-state index in [1.54, 1.807) is 7.11 Å². The highest BCUT2D eigenvalue weighted by Crippen LogP contribution is 2.20. The van der Waals surface area contributed by atoms with E-state index in [1.165, 1.54) is 12.8 Å². The van der Waals surface area contributed by atoms with Crippen LogP contribution in [0.15, 0.2) is 18.2 Å². The summed E-state index contributed by atoms with van der Waals surface area (Å²) in [4.78, 5) is 6.76. The monoisotopic (exact) mass is 221 g/mol. The summed E-state index contributed by atoms with van der Waals surface area (Å²) in [6, 6.07) is 6.57. The lowest BCUT2D eigenvalue weighted by Crippen LogP contribution is -2.41. The zero-order valence-electron chi connectivity index (χ0n) is 9.94. The van der Waals surface area contributed by atoms with Gasteiger partial charge in [-0.25, -0.2) is 0 Å². The van der Waals surface area contributed by atoms with Crippen LogP contribution in [0.5, 0.6) is 5.88 Å². The van der Waals surface area contributed by atoms with Gasteiger partial charge in [-0.15, -0.1) is 0 Å². The van der Waals surface area contributed by atoms with Gasteiger partial charge in [0.2, 0.25) is 5.88 Å². The Morgan fingerprint density at radius 2 is 2.12 bits per heavy atom. The number of methoxy groups -OCH3 is 1. The number of piperidine rings is 1. The highest BCUT2D eigenvalue weighted by molar-refractivity contribution is 5.41. The van der Waals surface area contributed by atoms with Gasteiger partial charge in [0.25, 0.3) is 0 Å². The number of nitrogens with one attached hydrogen (secondary N) is 1. The molecule has 0 amide bonds. The molecule has 2 heterocycles. The van der Waals surface area contributed by atoms with Crippen LogP contribution in [-0.4, -0.2) is 38.3 Å². The summed E-state index contributed by atoms with van der Waals surface area (Å²) in [6.07, 6.45) is 2.35. The Balaban J connectivity index is 2.02.